The molecule has 0 saturated heterocycles. The third kappa shape index (κ3) is 3.79. The van der Waals surface area contributed by atoms with Crippen molar-refractivity contribution in [2.45, 2.75) is 10.8 Å². The lowest BCUT2D eigenvalue weighted by Gasteiger charge is -2.10. The van der Waals surface area contributed by atoms with Crippen molar-refractivity contribution in [2.75, 3.05) is 6.54 Å². The number of aromatic nitrogens is 3. The van der Waals surface area contributed by atoms with E-state index in [1.165, 1.54) is 18.2 Å². The molecule has 3 aromatic heterocycles. The van der Waals surface area contributed by atoms with E-state index in [0.717, 1.165) is 11.3 Å². The van der Waals surface area contributed by atoms with Gasteiger partial charge in [0.1, 0.15) is 21.4 Å². The second kappa shape index (κ2) is 7.59. The lowest BCUT2D eigenvalue weighted by molar-refractivity contribution is 0.576. The second-order valence-corrected chi connectivity index (χ2v) is 9.61. The maximum atomic E-state index is 13.3. The van der Waals surface area contributed by atoms with Crippen molar-refractivity contribution in [3.05, 3.63) is 64.9 Å². The van der Waals surface area contributed by atoms with E-state index in [0.29, 0.717) is 33.4 Å². The van der Waals surface area contributed by atoms with Crippen LogP contribution in [0.15, 0.2) is 58.9 Å². The van der Waals surface area contributed by atoms with Gasteiger partial charge in [0.25, 0.3) is 0 Å². The van der Waals surface area contributed by atoms with Gasteiger partial charge in [-0.05, 0) is 48.5 Å². The van der Waals surface area contributed by atoms with Gasteiger partial charge in [0, 0.05) is 24.8 Å². The molecule has 6 nitrogen and oxygen atoms in total. The quantitative estimate of drug-likeness (QED) is 0.496. The zero-order valence-corrected chi connectivity index (χ0v) is 16.7. The number of halogens is 2. The molecule has 0 saturated carbocycles. The molecule has 10 heteroatoms. The third-order valence-corrected chi connectivity index (χ3v) is 7.23. The third-order valence-electron chi connectivity index (χ3n) is 4.05. The molecule has 0 unspecified atom stereocenters. The summed E-state index contributed by atoms with van der Waals surface area (Å²) in [7, 11) is -3.65. The first-order valence-electron chi connectivity index (χ1n) is 8.26. The van der Waals surface area contributed by atoms with Gasteiger partial charge < -0.3 is 4.57 Å². The van der Waals surface area contributed by atoms with Crippen LogP contribution in [-0.4, -0.2) is 29.5 Å². The summed E-state index contributed by atoms with van der Waals surface area (Å²) in [5, 5.41) is 0. The van der Waals surface area contributed by atoms with Crippen molar-refractivity contribution >= 4 is 44.1 Å². The number of hydrogen-bond donors (Lipinski definition) is 1. The van der Waals surface area contributed by atoms with E-state index in [2.05, 4.69) is 14.7 Å². The molecule has 0 atom stereocenters. The van der Waals surface area contributed by atoms with Gasteiger partial charge in [-0.3, -0.25) is 0 Å². The summed E-state index contributed by atoms with van der Waals surface area (Å²) >= 11 is 6.82. The Balaban J connectivity index is 1.62. The molecule has 0 amide bonds. The predicted molar refractivity (Wildman–Crippen MR) is 107 cm³/mol. The molecule has 0 aliphatic carbocycles. The summed E-state index contributed by atoms with van der Waals surface area (Å²) in [5.41, 5.74) is 2.02. The van der Waals surface area contributed by atoms with E-state index in [1.807, 2.05) is 10.6 Å². The van der Waals surface area contributed by atoms with Crippen LogP contribution in [0.25, 0.3) is 22.6 Å². The number of imidazole rings is 1. The topological polar surface area (TPSA) is 76.9 Å². The SMILES string of the molecule is O=S(=O)(NCCn1c(-c2ccc(F)cc2)nc2cccnc21)c1ccc(Cl)s1. The number of benzene rings is 1. The number of nitrogens with one attached hydrogen (secondary N) is 1. The van der Waals surface area contributed by atoms with E-state index in [1.54, 1.807) is 30.5 Å². The number of thiophene rings is 1. The van der Waals surface area contributed by atoms with Crippen LogP contribution < -0.4 is 4.72 Å². The number of rotatable bonds is 6. The maximum absolute atomic E-state index is 13.3. The monoisotopic (exact) mass is 436 g/mol. The normalized spacial score (nSPS) is 11.9. The highest BCUT2D eigenvalue weighted by molar-refractivity contribution is 7.91. The van der Waals surface area contributed by atoms with Crippen LogP contribution in [0.1, 0.15) is 0 Å². The number of pyridine rings is 1. The van der Waals surface area contributed by atoms with Gasteiger partial charge in [-0.15, -0.1) is 11.3 Å². The van der Waals surface area contributed by atoms with Crippen LogP contribution in [0.5, 0.6) is 0 Å². The van der Waals surface area contributed by atoms with E-state index in [4.69, 9.17) is 11.6 Å². The lowest BCUT2D eigenvalue weighted by atomic mass is 10.2. The summed E-state index contributed by atoms with van der Waals surface area (Å²) in [6.45, 7) is 0.437. The van der Waals surface area contributed by atoms with Crippen LogP contribution in [0.3, 0.4) is 0 Å². The molecular weight excluding hydrogens is 423 g/mol. The molecule has 0 fully saturated rings. The zero-order chi connectivity index (χ0) is 19.7. The van der Waals surface area contributed by atoms with Crippen molar-refractivity contribution in [2.24, 2.45) is 0 Å². The highest BCUT2D eigenvalue weighted by Crippen LogP contribution is 2.26. The average Bonchev–Trinajstić information content (AvgIpc) is 3.27. The molecule has 28 heavy (non-hydrogen) atoms. The zero-order valence-electron chi connectivity index (χ0n) is 14.3. The number of fused-ring (bicyclic) bond motifs is 1. The minimum absolute atomic E-state index is 0.133. The largest absolute Gasteiger partial charge is 0.307 e. The lowest BCUT2D eigenvalue weighted by Crippen LogP contribution is -2.27. The standard InChI is InChI=1S/C18H14ClFN4O2S2/c19-15-7-8-16(27-15)28(25,26)22-10-11-24-17(12-3-5-13(20)6-4-12)23-14-2-1-9-21-18(14)24/h1-9,22H,10-11H2. The van der Waals surface area contributed by atoms with E-state index in [-0.39, 0.29) is 16.6 Å². The van der Waals surface area contributed by atoms with Gasteiger partial charge in [0.05, 0.1) is 4.34 Å². The van der Waals surface area contributed by atoms with E-state index in [9.17, 15) is 12.8 Å². The second-order valence-electron chi connectivity index (χ2n) is 5.90. The number of nitrogens with zero attached hydrogens (tertiary/aromatic N) is 3. The molecule has 0 aliphatic rings. The Hall–Kier alpha value is -2.33. The molecule has 1 aromatic carbocycles. The van der Waals surface area contributed by atoms with Crippen LogP contribution in [0.2, 0.25) is 4.34 Å². The first-order valence-corrected chi connectivity index (χ1v) is 10.9. The van der Waals surface area contributed by atoms with Gasteiger partial charge in [-0.1, -0.05) is 11.6 Å². The molecule has 4 aromatic rings. The van der Waals surface area contributed by atoms with Crippen LogP contribution in [0.4, 0.5) is 4.39 Å². The molecule has 0 spiro atoms. The van der Waals surface area contributed by atoms with Gasteiger partial charge in [-0.25, -0.2) is 27.5 Å². The Morgan fingerprint density at radius 2 is 1.93 bits per heavy atom. The smallest absolute Gasteiger partial charge is 0.250 e. The Morgan fingerprint density at radius 1 is 1.14 bits per heavy atom. The summed E-state index contributed by atoms with van der Waals surface area (Å²) in [6, 6.07) is 12.6. The molecule has 0 aliphatic heterocycles. The van der Waals surface area contributed by atoms with Crippen molar-refractivity contribution in [1.29, 1.82) is 0 Å². The van der Waals surface area contributed by atoms with Gasteiger partial charge in [0.2, 0.25) is 10.0 Å². The van der Waals surface area contributed by atoms with Gasteiger partial charge >= 0.3 is 0 Å². The Kier molecular flexibility index (Phi) is 5.15. The first-order chi connectivity index (χ1) is 13.4. The number of sulfonamides is 1. The highest BCUT2D eigenvalue weighted by Gasteiger charge is 2.18. The molecule has 1 N–H and O–H groups in total. The fourth-order valence-corrected chi connectivity index (χ4v) is 5.34. The summed E-state index contributed by atoms with van der Waals surface area (Å²) in [6.07, 6.45) is 1.65. The Morgan fingerprint density at radius 3 is 2.64 bits per heavy atom. The van der Waals surface area contributed by atoms with Crippen LogP contribution in [-0.2, 0) is 16.6 Å². The average molecular weight is 437 g/mol. The van der Waals surface area contributed by atoms with Crippen molar-refractivity contribution in [1.82, 2.24) is 19.3 Å². The molecular formula is C18H14ClFN4O2S2. The summed E-state index contributed by atoms with van der Waals surface area (Å²) in [4.78, 5) is 8.93. The van der Waals surface area contributed by atoms with Crippen LogP contribution >= 0.6 is 22.9 Å². The van der Waals surface area contributed by atoms with E-state index < -0.39 is 10.0 Å². The maximum Gasteiger partial charge on any atom is 0.250 e. The summed E-state index contributed by atoms with van der Waals surface area (Å²) < 4.78 is 43.0. The molecule has 144 valence electrons. The van der Waals surface area contributed by atoms with Crippen molar-refractivity contribution < 1.29 is 12.8 Å². The minimum Gasteiger partial charge on any atom is -0.307 e. The minimum atomic E-state index is -3.65. The van der Waals surface area contributed by atoms with Crippen molar-refractivity contribution in [3.63, 3.8) is 0 Å². The van der Waals surface area contributed by atoms with Gasteiger partial charge in [0.15, 0.2) is 5.65 Å². The Labute approximate surface area is 169 Å². The van der Waals surface area contributed by atoms with Crippen molar-refractivity contribution in [3.8, 4) is 11.4 Å². The fourth-order valence-electron chi connectivity index (χ4n) is 2.79. The van der Waals surface area contributed by atoms with E-state index >= 15 is 0 Å². The highest BCUT2D eigenvalue weighted by atomic mass is 35.5. The molecule has 0 radical (unpaired) electrons. The van der Waals surface area contributed by atoms with Gasteiger partial charge in [-0.2, -0.15) is 0 Å². The number of hydrogen-bond acceptors (Lipinski definition) is 5. The fraction of sp³-hybridized carbons (Fsp3) is 0.111. The predicted octanol–water partition coefficient (Wildman–Crippen LogP) is 3.93. The molecule has 3 heterocycles. The molecule has 0 bridgehead atoms. The summed E-state index contributed by atoms with van der Waals surface area (Å²) in [5.74, 6) is 0.249. The molecule has 4 rings (SSSR count). The first kappa shape index (κ1) is 19.0. The Bertz CT molecular complexity index is 1240. The van der Waals surface area contributed by atoms with Crippen LogP contribution in [0, 0.1) is 5.82 Å².